The van der Waals surface area contributed by atoms with Gasteiger partial charge in [0.1, 0.15) is 0 Å². The molecule has 1 aliphatic carbocycles. The van der Waals surface area contributed by atoms with Crippen molar-refractivity contribution in [2.75, 3.05) is 26.2 Å². The number of hydrogen-bond donors (Lipinski definition) is 1. The highest BCUT2D eigenvalue weighted by Gasteiger charge is 2.55. The number of carbonyl (C=O) groups is 3. The highest BCUT2D eigenvalue weighted by molar-refractivity contribution is 5.86. The van der Waals surface area contributed by atoms with Crippen LogP contribution in [0.5, 0.6) is 0 Å². The van der Waals surface area contributed by atoms with E-state index in [2.05, 4.69) is 0 Å². The largest absolute Gasteiger partial charge is 0.481 e. The third-order valence-corrected chi connectivity index (χ3v) is 5.40. The zero-order valence-electron chi connectivity index (χ0n) is 12.2. The van der Waals surface area contributed by atoms with Gasteiger partial charge in [-0.25, -0.2) is 0 Å². The Kier molecular flexibility index (Phi) is 3.63. The second-order valence-electron chi connectivity index (χ2n) is 6.60. The van der Waals surface area contributed by atoms with Crippen molar-refractivity contribution in [3.05, 3.63) is 0 Å². The zero-order chi connectivity index (χ0) is 15.0. The molecule has 3 aliphatic rings. The lowest BCUT2D eigenvalue weighted by Gasteiger charge is -2.29. The first-order valence-electron chi connectivity index (χ1n) is 7.82. The summed E-state index contributed by atoms with van der Waals surface area (Å²) in [6, 6.07) is 0. The molecule has 2 saturated heterocycles. The average molecular weight is 294 g/mol. The Labute approximate surface area is 124 Å². The molecule has 3 rings (SSSR count). The smallest absolute Gasteiger partial charge is 0.311 e. The summed E-state index contributed by atoms with van der Waals surface area (Å²) in [6.07, 6.45) is 4.86. The van der Waals surface area contributed by atoms with Crippen LogP contribution in [-0.4, -0.2) is 58.9 Å². The van der Waals surface area contributed by atoms with Crippen molar-refractivity contribution in [1.29, 1.82) is 0 Å². The number of piperidine rings is 1. The highest BCUT2D eigenvalue weighted by atomic mass is 16.4. The van der Waals surface area contributed by atoms with Gasteiger partial charge in [-0.1, -0.05) is 6.42 Å². The minimum absolute atomic E-state index is 0.0435. The number of carboxylic acid groups (broad SMARTS) is 1. The van der Waals surface area contributed by atoms with Gasteiger partial charge in [-0.2, -0.15) is 0 Å². The summed E-state index contributed by atoms with van der Waals surface area (Å²) in [4.78, 5) is 39.1. The maximum absolute atomic E-state index is 12.4. The molecule has 0 spiro atoms. The van der Waals surface area contributed by atoms with E-state index in [1.807, 2.05) is 0 Å². The van der Waals surface area contributed by atoms with Crippen molar-refractivity contribution in [3.8, 4) is 0 Å². The Balaban J connectivity index is 1.64. The van der Waals surface area contributed by atoms with Gasteiger partial charge in [0.2, 0.25) is 11.8 Å². The molecular formula is C15H22N2O4. The van der Waals surface area contributed by atoms with Crippen molar-refractivity contribution < 1.29 is 19.5 Å². The normalized spacial score (nSPS) is 32.4. The number of rotatable bonds is 3. The van der Waals surface area contributed by atoms with Gasteiger partial charge < -0.3 is 14.9 Å². The van der Waals surface area contributed by atoms with E-state index in [4.69, 9.17) is 0 Å². The quantitative estimate of drug-likeness (QED) is 0.831. The predicted molar refractivity (Wildman–Crippen MR) is 74.4 cm³/mol. The Hall–Kier alpha value is -1.59. The fraction of sp³-hybridized carbons (Fsp3) is 0.800. The number of nitrogens with zero attached hydrogens (tertiary/aromatic N) is 2. The van der Waals surface area contributed by atoms with Crippen LogP contribution in [0.15, 0.2) is 0 Å². The van der Waals surface area contributed by atoms with Gasteiger partial charge in [0, 0.05) is 26.1 Å². The topological polar surface area (TPSA) is 77.9 Å². The molecule has 0 radical (unpaired) electrons. The number of aliphatic carboxylic acids is 1. The zero-order valence-corrected chi connectivity index (χ0v) is 12.2. The molecule has 0 aromatic carbocycles. The van der Waals surface area contributed by atoms with Gasteiger partial charge in [-0.3, -0.25) is 14.4 Å². The molecule has 6 heteroatoms. The van der Waals surface area contributed by atoms with Gasteiger partial charge in [0.05, 0.1) is 12.0 Å². The van der Waals surface area contributed by atoms with Crippen LogP contribution in [0.4, 0.5) is 0 Å². The number of likely N-dealkylation sites (tertiary alicyclic amines) is 2. The Morgan fingerprint density at radius 1 is 1.29 bits per heavy atom. The summed E-state index contributed by atoms with van der Waals surface area (Å²) in [5.74, 6) is -0.743. The molecule has 0 aromatic rings. The minimum atomic E-state index is -0.769. The van der Waals surface area contributed by atoms with E-state index in [0.29, 0.717) is 32.5 Å². The van der Waals surface area contributed by atoms with E-state index in [1.165, 1.54) is 0 Å². The van der Waals surface area contributed by atoms with Crippen molar-refractivity contribution in [2.45, 2.75) is 38.5 Å². The molecule has 0 aromatic heterocycles. The van der Waals surface area contributed by atoms with Crippen molar-refractivity contribution in [1.82, 2.24) is 9.80 Å². The lowest BCUT2D eigenvalue weighted by atomic mass is 9.81. The van der Waals surface area contributed by atoms with Gasteiger partial charge in [0.25, 0.3) is 0 Å². The van der Waals surface area contributed by atoms with Crippen LogP contribution in [-0.2, 0) is 14.4 Å². The fourth-order valence-corrected chi connectivity index (χ4v) is 4.12. The molecule has 2 heterocycles. The van der Waals surface area contributed by atoms with E-state index in [9.17, 15) is 19.5 Å². The molecule has 1 saturated carbocycles. The Morgan fingerprint density at radius 2 is 2.10 bits per heavy atom. The number of carboxylic acids is 1. The minimum Gasteiger partial charge on any atom is -0.481 e. The van der Waals surface area contributed by atoms with Gasteiger partial charge in [-0.05, 0) is 31.6 Å². The first kappa shape index (κ1) is 14.4. The molecule has 3 fully saturated rings. The average Bonchev–Trinajstić information content (AvgIpc) is 2.99. The molecule has 0 bridgehead atoms. The summed E-state index contributed by atoms with van der Waals surface area (Å²) < 4.78 is 0. The standard InChI is InChI=1S/C15H22N2O4/c18-12-5-1-2-7-16(12)9-13(19)17-8-11-4-3-6-15(11,10-17)14(20)21/h11H,1-10H2,(H,20,21)/t11-,15+/m0/s1. The van der Waals surface area contributed by atoms with Gasteiger partial charge in [0.15, 0.2) is 0 Å². The monoisotopic (exact) mass is 294 g/mol. The second kappa shape index (κ2) is 5.31. The summed E-state index contributed by atoms with van der Waals surface area (Å²) in [5.41, 5.74) is -0.735. The Bertz CT molecular complexity index is 478. The van der Waals surface area contributed by atoms with E-state index < -0.39 is 11.4 Å². The van der Waals surface area contributed by atoms with Crippen molar-refractivity contribution >= 4 is 17.8 Å². The number of amides is 2. The van der Waals surface area contributed by atoms with E-state index in [-0.39, 0.29) is 24.3 Å². The van der Waals surface area contributed by atoms with E-state index >= 15 is 0 Å². The maximum Gasteiger partial charge on any atom is 0.311 e. The van der Waals surface area contributed by atoms with Crippen LogP contribution in [0.3, 0.4) is 0 Å². The van der Waals surface area contributed by atoms with Crippen LogP contribution in [0.1, 0.15) is 38.5 Å². The van der Waals surface area contributed by atoms with Gasteiger partial charge in [-0.15, -0.1) is 0 Å². The third kappa shape index (κ3) is 2.40. The van der Waals surface area contributed by atoms with Gasteiger partial charge >= 0.3 is 5.97 Å². The number of carbonyl (C=O) groups excluding carboxylic acids is 2. The molecule has 2 aliphatic heterocycles. The molecule has 2 atom stereocenters. The molecule has 6 nitrogen and oxygen atoms in total. The number of fused-ring (bicyclic) bond motifs is 1. The molecule has 21 heavy (non-hydrogen) atoms. The first-order valence-corrected chi connectivity index (χ1v) is 7.82. The Morgan fingerprint density at radius 3 is 2.76 bits per heavy atom. The van der Waals surface area contributed by atoms with E-state index in [0.717, 1.165) is 25.7 Å². The summed E-state index contributed by atoms with van der Waals surface area (Å²) >= 11 is 0. The maximum atomic E-state index is 12.4. The fourth-order valence-electron chi connectivity index (χ4n) is 4.12. The van der Waals surface area contributed by atoms with Crippen molar-refractivity contribution in [2.24, 2.45) is 11.3 Å². The number of hydrogen-bond acceptors (Lipinski definition) is 3. The third-order valence-electron chi connectivity index (χ3n) is 5.40. The molecule has 116 valence electrons. The van der Waals surface area contributed by atoms with E-state index in [1.54, 1.807) is 9.80 Å². The summed E-state index contributed by atoms with van der Waals surface area (Å²) in [5, 5.41) is 9.53. The summed E-state index contributed by atoms with van der Waals surface area (Å²) in [6.45, 7) is 1.61. The van der Waals surface area contributed by atoms with Crippen molar-refractivity contribution in [3.63, 3.8) is 0 Å². The predicted octanol–water partition coefficient (Wildman–Crippen LogP) is 0.712. The lowest BCUT2D eigenvalue weighted by molar-refractivity contribution is -0.150. The molecule has 1 N–H and O–H groups in total. The SMILES string of the molecule is O=C1CCCCN1CC(=O)N1C[C@@H]2CCC[C@@]2(C(=O)O)C1. The van der Waals surface area contributed by atoms with Crippen LogP contribution in [0.25, 0.3) is 0 Å². The second-order valence-corrected chi connectivity index (χ2v) is 6.60. The van der Waals surface area contributed by atoms with Crippen LogP contribution < -0.4 is 0 Å². The summed E-state index contributed by atoms with van der Waals surface area (Å²) in [7, 11) is 0. The first-order chi connectivity index (χ1) is 10.0. The van der Waals surface area contributed by atoms with Crippen LogP contribution in [0.2, 0.25) is 0 Å². The lowest BCUT2D eigenvalue weighted by Crippen LogP contribution is -2.45. The highest BCUT2D eigenvalue weighted by Crippen LogP contribution is 2.48. The molecule has 2 amide bonds. The molecular weight excluding hydrogens is 272 g/mol. The van der Waals surface area contributed by atoms with Crippen LogP contribution >= 0.6 is 0 Å². The molecule has 0 unspecified atom stereocenters. The van der Waals surface area contributed by atoms with Crippen LogP contribution in [0, 0.1) is 11.3 Å².